The molecule has 1 fully saturated rings. The van der Waals surface area contributed by atoms with E-state index in [0.29, 0.717) is 10.7 Å². The van der Waals surface area contributed by atoms with Crippen LogP contribution in [0.25, 0.3) is 27.5 Å². The van der Waals surface area contributed by atoms with Crippen molar-refractivity contribution in [3.8, 4) is 17.5 Å². The number of halogens is 7. The highest BCUT2D eigenvalue weighted by molar-refractivity contribution is 7.92. The number of sulfonamides is 1. The number of nitrogens with one attached hydrogen (secondary N) is 2. The Morgan fingerprint density at radius 1 is 1.05 bits per heavy atom. The van der Waals surface area contributed by atoms with Gasteiger partial charge in [-0.25, -0.2) is 39.4 Å². The first-order valence-electron chi connectivity index (χ1n) is 19.3. The van der Waals surface area contributed by atoms with Crippen LogP contribution in [0.4, 0.5) is 32.2 Å². The fourth-order valence-electron chi connectivity index (χ4n) is 7.99. The van der Waals surface area contributed by atoms with Gasteiger partial charge in [0.05, 0.1) is 49.6 Å². The van der Waals surface area contributed by atoms with E-state index in [0.717, 1.165) is 29.2 Å². The first kappa shape index (κ1) is 46.0. The SMILES string of the molecule is Cn1nc(NS(C)(=O)=O)c2c(Cl)ccc(-n3c([C@H](Cc4cc(F)cc(F)c4)NC(=O)Cn4nc(C(F)F)c5c4C(F)(F)[C@]4(S)CC54)nc4cc(C#CC(C)(C)S(C)(=O)=O)ccc4c3=O)c21. The van der Waals surface area contributed by atoms with Gasteiger partial charge in [-0.2, -0.15) is 31.6 Å². The van der Waals surface area contributed by atoms with Crippen LogP contribution in [0.1, 0.15) is 72.6 Å². The number of alkyl halides is 4. The molecule has 14 nitrogen and oxygen atoms in total. The highest BCUT2D eigenvalue weighted by Crippen LogP contribution is 2.74. The quantitative estimate of drug-likeness (QED) is 0.0770. The third-order valence-corrected chi connectivity index (χ3v) is 15.0. The maximum atomic E-state index is 15.8. The Morgan fingerprint density at radius 3 is 2.35 bits per heavy atom. The predicted molar refractivity (Wildman–Crippen MR) is 232 cm³/mol. The summed E-state index contributed by atoms with van der Waals surface area (Å²) in [5.41, 5.74) is -3.07. The lowest BCUT2D eigenvalue weighted by Gasteiger charge is -2.24. The minimum absolute atomic E-state index is 0.0148. The van der Waals surface area contributed by atoms with E-state index in [-0.39, 0.29) is 61.7 Å². The van der Waals surface area contributed by atoms with Gasteiger partial charge in [-0.1, -0.05) is 23.4 Å². The second kappa shape index (κ2) is 15.5. The number of sulfone groups is 1. The molecule has 3 heterocycles. The molecule has 3 atom stereocenters. The second-order valence-corrected chi connectivity index (χ2v) is 22.0. The minimum atomic E-state index is -3.95. The summed E-state index contributed by atoms with van der Waals surface area (Å²) in [4.78, 5) is 33.9. The number of thiol groups is 1. The number of anilines is 1. The average Bonchev–Trinajstić information content (AvgIpc) is 3.48. The van der Waals surface area contributed by atoms with Crippen molar-refractivity contribution in [2.75, 3.05) is 17.2 Å². The molecule has 2 aliphatic carbocycles. The largest absolute Gasteiger partial charge is 0.344 e. The van der Waals surface area contributed by atoms with Crippen molar-refractivity contribution in [2.24, 2.45) is 7.05 Å². The van der Waals surface area contributed by atoms with E-state index in [9.17, 15) is 44.0 Å². The number of nitrogens with zero attached hydrogens (tertiary/aromatic N) is 6. The van der Waals surface area contributed by atoms with E-state index in [1.54, 1.807) is 0 Å². The second-order valence-electron chi connectivity index (χ2n) is 16.5. The standard InChI is InChI=1S/C41H35ClF6N8O6S3/c1-39(2,64(4,59)60)11-10-19-6-7-23-26(14-19)50-37(56(38(23)58)28-9-8-25(42)31-33(28)54(3)52-36(31)53-65(5,61)62)27(15-20-12-21(43)16-22(44)13-20)49-29(57)18-55-34-30(32(51-55)35(45)46)24-17-40(24,63)41(34,47)48/h6-9,12-14,16,24,27,35,63H,15,17-18H2,1-5H3,(H,49,57)(H,52,53)/t24?,27-,40-/m0/s1. The van der Waals surface area contributed by atoms with E-state index in [1.165, 1.54) is 55.9 Å². The van der Waals surface area contributed by atoms with Crippen molar-refractivity contribution in [3.63, 3.8) is 0 Å². The Morgan fingerprint density at radius 2 is 1.72 bits per heavy atom. The number of carbonyl (C=O) groups is 1. The molecule has 0 aliphatic heterocycles. The van der Waals surface area contributed by atoms with Gasteiger partial charge in [0, 0.05) is 42.8 Å². The number of carbonyl (C=O) groups excluding carboxylic acids is 1. The maximum Gasteiger partial charge on any atom is 0.304 e. The van der Waals surface area contributed by atoms with Crippen LogP contribution in [0.3, 0.4) is 0 Å². The smallest absolute Gasteiger partial charge is 0.304 e. The number of amides is 1. The van der Waals surface area contributed by atoms with Crippen molar-refractivity contribution < 1.29 is 48.0 Å². The predicted octanol–water partition coefficient (Wildman–Crippen LogP) is 6.25. The Bertz CT molecular complexity index is 3380. The lowest BCUT2D eigenvalue weighted by Crippen LogP contribution is -2.38. The maximum absolute atomic E-state index is 15.8. The van der Waals surface area contributed by atoms with Crippen LogP contribution in [-0.4, -0.2) is 73.9 Å². The van der Waals surface area contributed by atoms with Crippen LogP contribution in [-0.2, 0) is 50.6 Å². The van der Waals surface area contributed by atoms with Gasteiger partial charge in [0.25, 0.3) is 12.0 Å². The molecule has 0 bridgehead atoms. The molecule has 1 amide bonds. The molecule has 3 aromatic carbocycles. The lowest BCUT2D eigenvalue weighted by atomic mass is 10.0. The Balaban J connectivity index is 1.35. The summed E-state index contributed by atoms with van der Waals surface area (Å²) in [6, 6.07) is 7.65. The summed E-state index contributed by atoms with van der Waals surface area (Å²) in [6.45, 7) is 1.71. The average molecular weight is 981 g/mol. The third kappa shape index (κ3) is 8.01. The Hall–Kier alpha value is -5.57. The summed E-state index contributed by atoms with van der Waals surface area (Å²) < 4.78 is 141. The number of rotatable bonds is 11. The zero-order chi connectivity index (χ0) is 47.5. The highest BCUT2D eigenvalue weighted by atomic mass is 35.5. The van der Waals surface area contributed by atoms with Crippen LogP contribution in [0.5, 0.6) is 0 Å². The molecule has 2 N–H and O–H groups in total. The Kier molecular flexibility index (Phi) is 11.0. The molecule has 3 aromatic heterocycles. The summed E-state index contributed by atoms with van der Waals surface area (Å²) in [6.07, 6.45) is -2.14. The summed E-state index contributed by atoms with van der Waals surface area (Å²) >= 11 is 10.7. The molecule has 2 aliphatic rings. The van der Waals surface area contributed by atoms with Crippen LogP contribution in [0, 0.1) is 23.5 Å². The van der Waals surface area contributed by atoms with Gasteiger partial charge in [-0.3, -0.25) is 28.2 Å². The molecule has 24 heteroatoms. The van der Waals surface area contributed by atoms with Crippen molar-refractivity contribution in [1.29, 1.82) is 0 Å². The van der Waals surface area contributed by atoms with Gasteiger partial charge in [0.2, 0.25) is 15.9 Å². The molecule has 0 saturated heterocycles. The van der Waals surface area contributed by atoms with Crippen molar-refractivity contribution in [3.05, 3.63) is 109 Å². The number of hydrogen-bond donors (Lipinski definition) is 3. The molecule has 342 valence electrons. The number of aromatic nitrogens is 6. The molecule has 8 rings (SSSR count). The summed E-state index contributed by atoms with van der Waals surface area (Å²) in [7, 11) is -6.21. The fourth-order valence-corrected chi connectivity index (χ4v) is 9.38. The first-order chi connectivity index (χ1) is 30.1. The number of hydrogen-bond acceptors (Lipinski definition) is 10. The zero-order valence-corrected chi connectivity index (χ0v) is 37.8. The molecule has 1 unspecified atom stereocenters. The number of aryl methyl sites for hydroxylation is 1. The summed E-state index contributed by atoms with van der Waals surface area (Å²) in [5.74, 6) is -3.13. The monoisotopic (exact) mass is 980 g/mol. The first-order valence-corrected chi connectivity index (χ1v) is 23.9. The van der Waals surface area contributed by atoms with E-state index in [1.807, 2.05) is 0 Å². The topological polar surface area (TPSA) is 180 Å². The van der Waals surface area contributed by atoms with E-state index >= 15 is 8.78 Å². The van der Waals surface area contributed by atoms with E-state index in [4.69, 9.17) is 16.6 Å². The van der Waals surface area contributed by atoms with Gasteiger partial charge in [-0.05, 0) is 68.3 Å². The van der Waals surface area contributed by atoms with Gasteiger partial charge in [0.15, 0.2) is 15.7 Å². The lowest BCUT2D eigenvalue weighted by molar-refractivity contribution is -0.123. The van der Waals surface area contributed by atoms with Crippen LogP contribution >= 0.6 is 24.2 Å². The normalized spacial score (nSPS) is 18.3. The molecule has 0 radical (unpaired) electrons. The zero-order valence-electron chi connectivity index (χ0n) is 34.5. The minimum Gasteiger partial charge on any atom is -0.344 e. The molecule has 1 saturated carbocycles. The van der Waals surface area contributed by atoms with E-state index in [2.05, 4.69) is 44.7 Å². The number of benzene rings is 3. The van der Waals surface area contributed by atoms with Gasteiger partial charge in [-0.15, -0.1) is 0 Å². The molecule has 0 spiro atoms. The van der Waals surface area contributed by atoms with Crippen LogP contribution < -0.4 is 15.6 Å². The fraction of sp³-hybridized carbons (Fsp3) is 0.341. The van der Waals surface area contributed by atoms with Crippen molar-refractivity contribution in [2.45, 2.75) is 67.0 Å². The van der Waals surface area contributed by atoms with Crippen LogP contribution in [0.15, 0.2) is 53.3 Å². The Labute approximate surface area is 376 Å². The van der Waals surface area contributed by atoms with Crippen LogP contribution in [0.2, 0.25) is 5.02 Å². The molecular weight excluding hydrogens is 946 g/mol. The molecular formula is C41H35ClF6N8O6S3. The van der Waals surface area contributed by atoms with Gasteiger partial charge < -0.3 is 5.32 Å². The van der Waals surface area contributed by atoms with Gasteiger partial charge in [0.1, 0.15) is 40.1 Å². The number of fused-ring (bicyclic) bond motifs is 5. The molecule has 6 aromatic rings. The van der Waals surface area contributed by atoms with Gasteiger partial charge >= 0.3 is 5.92 Å². The molecule has 65 heavy (non-hydrogen) atoms. The van der Waals surface area contributed by atoms with E-state index < -0.39 is 107 Å². The summed E-state index contributed by atoms with van der Waals surface area (Å²) in [5, 5.41) is 10.5. The third-order valence-electron chi connectivity index (χ3n) is 11.4. The van der Waals surface area contributed by atoms with Crippen molar-refractivity contribution >= 4 is 77.6 Å². The highest BCUT2D eigenvalue weighted by Gasteiger charge is 2.77. The van der Waals surface area contributed by atoms with Crippen molar-refractivity contribution in [1.82, 2.24) is 34.4 Å².